The highest BCUT2D eigenvalue weighted by atomic mass is 32.2. The zero-order valence-electron chi connectivity index (χ0n) is 13.0. The summed E-state index contributed by atoms with van der Waals surface area (Å²) in [6, 6.07) is 0.303. The van der Waals surface area contributed by atoms with Crippen molar-refractivity contribution in [3.05, 3.63) is 0 Å². The standard InChI is InChI=1S/C16H28N2OS2/c1-2-21-13-9-7-8-12(13)18-15(19)16(14(17)20)10-5-3-4-6-11-16/h12-13H,2-11H2,1H3,(H2,17,20)(H,18,19). The van der Waals surface area contributed by atoms with E-state index in [4.69, 9.17) is 18.0 Å². The average Bonchev–Trinajstić information content (AvgIpc) is 2.75. The molecule has 2 saturated carbocycles. The molecule has 3 N–H and O–H groups in total. The topological polar surface area (TPSA) is 55.1 Å². The molecular formula is C16H28N2OS2. The van der Waals surface area contributed by atoms with Crippen LogP contribution >= 0.6 is 24.0 Å². The Morgan fingerprint density at radius 1 is 1.24 bits per heavy atom. The van der Waals surface area contributed by atoms with Crippen LogP contribution < -0.4 is 11.1 Å². The maximum Gasteiger partial charge on any atom is 0.233 e. The molecule has 2 fully saturated rings. The van der Waals surface area contributed by atoms with Gasteiger partial charge in [0.25, 0.3) is 0 Å². The van der Waals surface area contributed by atoms with Gasteiger partial charge in [0, 0.05) is 11.3 Å². The average molecular weight is 329 g/mol. The maximum atomic E-state index is 12.9. The third-order valence-corrected chi connectivity index (χ3v) is 6.73. The summed E-state index contributed by atoms with van der Waals surface area (Å²) in [7, 11) is 0. The molecule has 21 heavy (non-hydrogen) atoms. The molecule has 3 nitrogen and oxygen atoms in total. The largest absolute Gasteiger partial charge is 0.392 e. The van der Waals surface area contributed by atoms with Crippen LogP contribution in [0.2, 0.25) is 0 Å². The van der Waals surface area contributed by atoms with Gasteiger partial charge in [-0.1, -0.05) is 51.2 Å². The molecule has 5 heteroatoms. The Morgan fingerprint density at radius 3 is 2.48 bits per heavy atom. The lowest BCUT2D eigenvalue weighted by Crippen LogP contribution is -2.52. The van der Waals surface area contributed by atoms with Gasteiger partial charge in [0.15, 0.2) is 0 Å². The van der Waals surface area contributed by atoms with Crippen LogP contribution in [0.3, 0.4) is 0 Å². The summed E-state index contributed by atoms with van der Waals surface area (Å²) in [5, 5.41) is 3.87. The van der Waals surface area contributed by atoms with Gasteiger partial charge >= 0.3 is 0 Å². The van der Waals surface area contributed by atoms with E-state index in [9.17, 15) is 4.79 Å². The predicted molar refractivity (Wildman–Crippen MR) is 94.6 cm³/mol. The number of amides is 1. The summed E-state index contributed by atoms with van der Waals surface area (Å²) in [6.07, 6.45) is 9.66. The van der Waals surface area contributed by atoms with Crippen LogP contribution in [-0.2, 0) is 4.79 Å². The molecule has 2 aliphatic rings. The molecule has 1 amide bonds. The van der Waals surface area contributed by atoms with Crippen molar-refractivity contribution in [1.82, 2.24) is 5.32 Å². The zero-order valence-corrected chi connectivity index (χ0v) is 14.7. The number of nitrogens with one attached hydrogen (secondary N) is 1. The molecule has 0 aromatic heterocycles. The van der Waals surface area contributed by atoms with Gasteiger partial charge in [-0.15, -0.1) is 0 Å². The van der Waals surface area contributed by atoms with E-state index in [1.807, 2.05) is 11.8 Å². The lowest BCUT2D eigenvalue weighted by atomic mass is 9.79. The number of carbonyl (C=O) groups is 1. The van der Waals surface area contributed by atoms with Crippen LogP contribution in [0, 0.1) is 5.41 Å². The van der Waals surface area contributed by atoms with Gasteiger partial charge in [-0.25, -0.2) is 0 Å². The third kappa shape index (κ3) is 3.92. The van der Waals surface area contributed by atoms with E-state index in [1.165, 1.54) is 25.7 Å². The second-order valence-corrected chi connectivity index (χ2v) is 8.32. The molecule has 0 heterocycles. The highest BCUT2D eigenvalue weighted by molar-refractivity contribution is 7.99. The van der Waals surface area contributed by atoms with Gasteiger partial charge in [0.05, 0.1) is 10.4 Å². The molecule has 0 saturated heterocycles. The number of nitrogens with two attached hydrogens (primary N) is 1. The Balaban J connectivity index is 2.06. The van der Waals surface area contributed by atoms with E-state index in [1.54, 1.807) is 0 Å². The Bertz CT molecular complexity index is 378. The minimum absolute atomic E-state index is 0.102. The Kier molecular flexibility index (Phi) is 6.35. The first-order valence-electron chi connectivity index (χ1n) is 8.32. The molecule has 0 spiro atoms. The molecular weight excluding hydrogens is 300 g/mol. The lowest BCUT2D eigenvalue weighted by molar-refractivity contribution is -0.128. The minimum Gasteiger partial charge on any atom is -0.392 e. The summed E-state index contributed by atoms with van der Waals surface area (Å²) in [5.41, 5.74) is 5.42. The van der Waals surface area contributed by atoms with Crippen molar-refractivity contribution in [3.8, 4) is 0 Å². The molecule has 0 aliphatic heterocycles. The highest BCUT2D eigenvalue weighted by Gasteiger charge is 2.43. The summed E-state index contributed by atoms with van der Waals surface area (Å²) < 4.78 is 0. The molecule has 0 aromatic rings. The van der Waals surface area contributed by atoms with Crippen molar-refractivity contribution in [3.63, 3.8) is 0 Å². The first kappa shape index (κ1) is 17.1. The molecule has 2 unspecified atom stereocenters. The first-order valence-corrected chi connectivity index (χ1v) is 9.78. The molecule has 2 atom stereocenters. The van der Waals surface area contributed by atoms with E-state index in [0.717, 1.165) is 37.9 Å². The van der Waals surface area contributed by atoms with Crippen LogP contribution in [0.5, 0.6) is 0 Å². The first-order chi connectivity index (χ1) is 10.1. The fourth-order valence-electron chi connectivity index (χ4n) is 3.73. The molecule has 120 valence electrons. The van der Waals surface area contributed by atoms with Gasteiger partial charge < -0.3 is 11.1 Å². The fourth-order valence-corrected chi connectivity index (χ4v) is 5.22. The maximum absolute atomic E-state index is 12.9. The Morgan fingerprint density at radius 2 is 1.90 bits per heavy atom. The smallest absolute Gasteiger partial charge is 0.233 e. The van der Waals surface area contributed by atoms with Crippen molar-refractivity contribution in [2.75, 3.05) is 5.75 Å². The van der Waals surface area contributed by atoms with Crippen molar-refractivity contribution in [1.29, 1.82) is 0 Å². The zero-order chi connectivity index (χ0) is 15.3. The monoisotopic (exact) mass is 328 g/mol. The molecule has 2 rings (SSSR count). The van der Waals surface area contributed by atoms with Gasteiger partial charge in [-0.2, -0.15) is 11.8 Å². The fraction of sp³-hybridized carbons (Fsp3) is 0.875. The van der Waals surface area contributed by atoms with Crippen LogP contribution in [0.1, 0.15) is 64.7 Å². The van der Waals surface area contributed by atoms with Crippen molar-refractivity contribution < 1.29 is 4.79 Å². The van der Waals surface area contributed by atoms with E-state index >= 15 is 0 Å². The van der Waals surface area contributed by atoms with Crippen LogP contribution in [0.15, 0.2) is 0 Å². The Hall–Kier alpha value is -0.290. The van der Waals surface area contributed by atoms with Gasteiger partial charge in [-0.3, -0.25) is 4.79 Å². The van der Waals surface area contributed by atoms with Crippen LogP contribution in [0.4, 0.5) is 0 Å². The van der Waals surface area contributed by atoms with Gasteiger partial charge in [-0.05, 0) is 31.4 Å². The Labute approximate surface area is 138 Å². The van der Waals surface area contributed by atoms with E-state index in [2.05, 4.69) is 12.2 Å². The quantitative estimate of drug-likeness (QED) is 0.600. The van der Waals surface area contributed by atoms with Crippen molar-refractivity contribution in [2.45, 2.75) is 76.0 Å². The van der Waals surface area contributed by atoms with Crippen LogP contribution in [-0.4, -0.2) is 27.9 Å². The van der Waals surface area contributed by atoms with Crippen molar-refractivity contribution in [2.24, 2.45) is 11.1 Å². The second kappa shape index (κ2) is 7.82. The summed E-state index contributed by atoms with van der Waals surface area (Å²) in [4.78, 5) is 13.3. The van der Waals surface area contributed by atoms with E-state index < -0.39 is 5.41 Å². The number of thioether (sulfide) groups is 1. The summed E-state index contributed by atoms with van der Waals surface area (Å²) in [5.74, 6) is 1.21. The SMILES string of the molecule is CCSC1CCCC1NC(=O)C1(C(N)=S)CCCCCC1. The minimum atomic E-state index is -0.587. The van der Waals surface area contributed by atoms with E-state index in [0.29, 0.717) is 16.3 Å². The predicted octanol–water partition coefficient (Wildman–Crippen LogP) is 3.40. The van der Waals surface area contributed by atoms with Gasteiger partial charge in [0.1, 0.15) is 0 Å². The molecule has 0 radical (unpaired) electrons. The third-order valence-electron chi connectivity index (χ3n) is 5.01. The normalized spacial score (nSPS) is 28.8. The van der Waals surface area contributed by atoms with E-state index in [-0.39, 0.29) is 5.91 Å². The van der Waals surface area contributed by atoms with Gasteiger partial charge in [0.2, 0.25) is 5.91 Å². The summed E-state index contributed by atoms with van der Waals surface area (Å²) >= 11 is 7.27. The van der Waals surface area contributed by atoms with Crippen molar-refractivity contribution >= 4 is 34.9 Å². The second-order valence-electron chi connectivity index (χ2n) is 6.37. The number of hydrogen-bond donors (Lipinski definition) is 2. The molecule has 0 bridgehead atoms. The highest BCUT2D eigenvalue weighted by Crippen LogP contribution is 2.37. The number of thiocarbonyl (C=S) groups is 1. The summed E-state index contributed by atoms with van der Waals surface area (Å²) in [6.45, 7) is 2.18. The lowest BCUT2D eigenvalue weighted by Gasteiger charge is -2.32. The number of carbonyl (C=O) groups excluding carboxylic acids is 1. The number of hydrogen-bond acceptors (Lipinski definition) is 3. The van der Waals surface area contributed by atoms with Crippen LogP contribution in [0.25, 0.3) is 0 Å². The molecule has 0 aromatic carbocycles. The molecule has 2 aliphatic carbocycles. The number of rotatable bonds is 5.